The maximum atomic E-state index is 12.3. The Balaban J connectivity index is 1.44. The summed E-state index contributed by atoms with van der Waals surface area (Å²) in [5, 5.41) is 6.36. The summed E-state index contributed by atoms with van der Waals surface area (Å²) in [5.74, 6) is -0.188. The number of benzene rings is 1. The molecule has 2 heterocycles. The highest BCUT2D eigenvalue weighted by Crippen LogP contribution is 2.12. The van der Waals surface area contributed by atoms with Crippen LogP contribution in [0.3, 0.4) is 0 Å². The van der Waals surface area contributed by atoms with Gasteiger partial charge in [0, 0.05) is 56.0 Å². The number of hydrogen-bond acceptors (Lipinski definition) is 7. The van der Waals surface area contributed by atoms with Gasteiger partial charge in [-0.15, -0.1) is 0 Å². The highest BCUT2D eigenvalue weighted by molar-refractivity contribution is 7.98. The number of anilines is 1. The van der Waals surface area contributed by atoms with Crippen LogP contribution in [0.15, 0.2) is 34.2 Å². The second-order valence-electron chi connectivity index (χ2n) is 7.87. The number of carbonyl (C=O) groups excluding carboxylic acids is 2. The van der Waals surface area contributed by atoms with Crippen LogP contribution in [0.25, 0.3) is 0 Å². The van der Waals surface area contributed by atoms with Gasteiger partial charge in [0.05, 0.1) is 13.2 Å². The predicted molar refractivity (Wildman–Crippen MR) is 128 cm³/mol. The minimum Gasteiger partial charge on any atom is -0.379 e. The zero-order valence-corrected chi connectivity index (χ0v) is 19.9. The number of aromatic nitrogens is 2. The molecule has 0 aliphatic carbocycles. The normalized spacial score (nSPS) is 14.1. The Morgan fingerprint density at radius 2 is 2.00 bits per heavy atom. The number of carbonyl (C=O) groups is 2. The molecule has 0 saturated carbocycles. The first kappa shape index (κ1) is 24.9. The van der Waals surface area contributed by atoms with E-state index in [1.807, 2.05) is 30.5 Å². The van der Waals surface area contributed by atoms with Gasteiger partial charge in [-0.1, -0.05) is 23.9 Å². The van der Waals surface area contributed by atoms with E-state index in [9.17, 15) is 14.4 Å². The molecule has 10 heteroatoms. The Morgan fingerprint density at radius 3 is 2.73 bits per heavy atom. The Labute approximate surface area is 197 Å². The molecule has 178 valence electrons. The summed E-state index contributed by atoms with van der Waals surface area (Å²) >= 11 is 1.37. The van der Waals surface area contributed by atoms with Gasteiger partial charge in [0.15, 0.2) is 5.16 Å². The molecule has 1 aromatic heterocycles. The number of H-pyrrole nitrogens is 1. The van der Waals surface area contributed by atoms with Crippen molar-refractivity contribution >= 4 is 29.3 Å². The standard InChI is InChI=1S/C23H31N5O4S/c1-16-19(22(31)27-23(25-16)33-2)6-7-20(29)24-15-17-4-3-5-18(14-17)26-21(30)8-9-28-10-12-32-13-11-28/h3-5,14H,6-13,15H2,1-2H3,(H,24,29)(H,26,30)(H,25,27,31). The van der Waals surface area contributed by atoms with Crippen molar-refractivity contribution in [3.63, 3.8) is 0 Å². The van der Waals surface area contributed by atoms with E-state index in [1.165, 1.54) is 11.8 Å². The van der Waals surface area contributed by atoms with Crippen molar-refractivity contribution in [3.05, 3.63) is 51.4 Å². The van der Waals surface area contributed by atoms with E-state index in [2.05, 4.69) is 25.5 Å². The molecule has 1 aliphatic rings. The first-order valence-corrected chi connectivity index (χ1v) is 12.3. The summed E-state index contributed by atoms with van der Waals surface area (Å²) in [6, 6.07) is 7.43. The summed E-state index contributed by atoms with van der Waals surface area (Å²) in [6.07, 6.45) is 2.79. The minimum absolute atomic E-state index is 0.0376. The van der Waals surface area contributed by atoms with Gasteiger partial charge in [0.1, 0.15) is 0 Å². The topological polar surface area (TPSA) is 116 Å². The third-order valence-corrected chi connectivity index (χ3v) is 6.04. The fourth-order valence-electron chi connectivity index (χ4n) is 3.57. The summed E-state index contributed by atoms with van der Waals surface area (Å²) in [6.45, 7) is 5.98. The summed E-state index contributed by atoms with van der Waals surface area (Å²) < 4.78 is 5.32. The molecule has 0 unspecified atom stereocenters. The maximum absolute atomic E-state index is 12.3. The van der Waals surface area contributed by atoms with E-state index in [1.54, 1.807) is 6.92 Å². The van der Waals surface area contributed by atoms with Crippen molar-refractivity contribution in [2.24, 2.45) is 0 Å². The molecule has 9 nitrogen and oxygen atoms in total. The van der Waals surface area contributed by atoms with Crippen molar-refractivity contribution in [2.75, 3.05) is 44.4 Å². The fourth-order valence-corrected chi connectivity index (χ4v) is 3.99. The quantitative estimate of drug-likeness (QED) is 0.355. The van der Waals surface area contributed by atoms with Crippen molar-refractivity contribution in [2.45, 2.75) is 37.9 Å². The number of nitrogens with one attached hydrogen (secondary N) is 3. The molecule has 0 radical (unpaired) electrons. The van der Waals surface area contributed by atoms with Crippen LogP contribution in [-0.2, 0) is 27.3 Å². The van der Waals surface area contributed by atoms with E-state index in [0.29, 0.717) is 61.2 Å². The van der Waals surface area contributed by atoms with Crippen LogP contribution in [0.2, 0.25) is 0 Å². The van der Waals surface area contributed by atoms with Crippen LogP contribution in [0.5, 0.6) is 0 Å². The maximum Gasteiger partial charge on any atom is 0.254 e. The average Bonchev–Trinajstić information content (AvgIpc) is 2.81. The molecule has 0 bridgehead atoms. The Bertz CT molecular complexity index is 1020. The molecule has 1 fully saturated rings. The van der Waals surface area contributed by atoms with Crippen LogP contribution in [0, 0.1) is 6.92 Å². The van der Waals surface area contributed by atoms with E-state index in [4.69, 9.17) is 4.74 Å². The fraction of sp³-hybridized carbons (Fsp3) is 0.478. The molecule has 0 atom stereocenters. The summed E-state index contributed by atoms with van der Waals surface area (Å²) in [5.41, 5.74) is 2.57. The smallest absolute Gasteiger partial charge is 0.254 e. The van der Waals surface area contributed by atoms with Gasteiger partial charge in [0.25, 0.3) is 5.56 Å². The summed E-state index contributed by atoms with van der Waals surface area (Å²) in [4.78, 5) is 46.0. The third-order valence-electron chi connectivity index (χ3n) is 5.46. The number of aromatic amines is 1. The second kappa shape index (κ2) is 12.5. The number of ether oxygens (including phenoxy) is 1. The molecule has 1 saturated heterocycles. The SMILES string of the molecule is CSc1nc(C)c(CCC(=O)NCc2cccc(NC(=O)CCN3CCOCC3)c2)c(=O)[nH]1. The number of hydrogen-bond donors (Lipinski definition) is 3. The number of morpholine rings is 1. The Hall–Kier alpha value is -2.69. The lowest BCUT2D eigenvalue weighted by molar-refractivity contribution is -0.121. The molecule has 3 rings (SSSR count). The van der Waals surface area contributed by atoms with Gasteiger partial charge < -0.3 is 20.4 Å². The van der Waals surface area contributed by atoms with Gasteiger partial charge in [-0.05, 0) is 37.3 Å². The second-order valence-corrected chi connectivity index (χ2v) is 8.66. The van der Waals surface area contributed by atoms with Crippen molar-refractivity contribution in [3.8, 4) is 0 Å². The van der Waals surface area contributed by atoms with Gasteiger partial charge >= 0.3 is 0 Å². The zero-order chi connectivity index (χ0) is 23.6. The first-order chi connectivity index (χ1) is 15.9. The molecular weight excluding hydrogens is 442 g/mol. The van der Waals surface area contributed by atoms with Crippen LogP contribution in [0.4, 0.5) is 5.69 Å². The minimum atomic E-state index is -0.197. The molecule has 33 heavy (non-hydrogen) atoms. The number of thioether (sulfide) groups is 1. The van der Waals surface area contributed by atoms with Crippen LogP contribution in [0.1, 0.15) is 29.7 Å². The number of rotatable bonds is 10. The zero-order valence-electron chi connectivity index (χ0n) is 19.1. The van der Waals surface area contributed by atoms with Crippen molar-refractivity contribution in [1.29, 1.82) is 0 Å². The molecule has 0 spiro atoms. The van der Waals surface area contributed by atoms with Crippen molar-refractivity contribution in [1.82, 2.24) is 20.2 Å². The molecular formula is C23H31N5O4S. The van der Waals surface area contributed by atoms with E-state index < -0.39 is 0 Å². The van der Waals surface area contributed by atoms with E-state index >= 15 is 0 Å². The lowest BCUT2D eigenvalue weighted by atomic mass is 10.1. The van der Waals surface area contributed by atoms with Crippen LogP contribution >= 0.6 is 11.8 Å². The molecule has 1 aromatic carbocycles. The Kier molecular flexibility index (Phi) is 9.47. The number of amides is 2. The summed E-state index contributed by atoms with van der Waals surface area (Å²) in [7, 11) is 0. The average molecular weight is 474 g/mol. The van der Waals surface area contributed by atoms with Crippen molar-refractivity contribution < 1.29 is 14.3 Å². The lowest BCUT2D eigenvalue weighted by Gasteiger charge is -2.26. The molecule has 3 N–H and O–H groups in total. The monoisotopic (exact) mass is 473 g/mol. The van der Waals surface area contributed by atoms with Gasteiger partial charge in [-0.25, -0.2) is 4.98 Å². The van der Waals surface area contributed by atoms with Gasteiger partial charge in [-0.2, -0.15) is 0 Å². The van der Waals surface area contributed by atoms with Gasteiger partial charge in [-0.3, -0.25) is 19.3 Å². The molecule has 2 aromatic rings. The number of aryl methyl sites for hydroxylation is 1. The third kappa shape index (κ3) is 7.99. The van der Waals surface area contributed by atoms with Gasteiger partial charge in [0.2, 0.25) is 11.8 Å². The number of nitrogens with zero attached hydrogens (tertiary/aromatic N) is 2. The predicted octanol–water partition coefficient (Wildman–Crippen LogP) is 1.71. The van der Waals surface area contributed by atoms with Crippen LogP contribution < -0.4 is 16.2 Å². The molecule has 2 amide bonds. The Morgan fingerprint density at radius 1 is 1.21 bits per heavy atom. The van der Waals surface area contributed by atoms with Crippen LogP contribution in [-0.4, -0.2) is 65.8 Å². The highest BCUT2D eigenvalue weighted by atomic mass is 32.2. The van der Waals surface area contributed by atoms with E-state index in [0.717, 1.165) is 18.7 Å². The molecule has 1 aliphatic heterocycles. The van der Waals surface area contributed by atoms with E-state index in [-0.39, 0.29) is 23.8 Å². The largest absolute Gasteiger partial charge is 0.379 e. The first-order valence-electron chi connectivity index (χ1n) is 11.0. The highest BCUT2D eigenvalue weighted by Gasteiger charge is 2.13. The lowest BCUT2D eigenvalue weighted by Crippen LogP contribution is -2.38.